The van der Waals surface area contributed by atoms with Crippen LogP contribution >= 0.6 is 0 Å². The van der Waals surface area contributed by atoms with E-state index >= 15 is 0 Å². The van der Waals surface area contributed by atoms with E-state index in [2.05, 4.69) is 13.2 Å². The Hall–Kier alpha value is -3.49. The molecule has 3 fully saturated rings. The summed E-state index contributed by atoms with van der Waals surface area (Å²) in [5.74, 6) is -2.72. The van der Waals surface area contributed by atoms with Gasteiger partial charge in [0.25, 0.3) is 5.91 Å². The summed E-state index contributed by atoms with van der Waals surface area (Å²) in [6.07, 6.45) is 5.29. The van der Waals surface area contributed by atoms with Gasteiger partial charge < -0.3 is 24.4 Å². The molecule has 0 radical (unpaired) electrons. The van der Waals surface area contributed by atoms with E-state index in [0.717, 1.165) is 10.8 Å². The second-order valence-electron chi connectivity index (χ2n) is 12.5. The fourth-order valence-corrected chi connectivity index (χ4v) is 7.49. The maximum atomic E-state index is 14.8. The SMILES string of the molecule is C=CCCOC(=O)[C@H]1[C@H]2C(=O)N([C@@H](CO)CC(C)C)C(C(=O)N(CC=C)c3ccc4ccccc4c3)C23CC[C@]1(C)O3. The van der Waals surface area contributed by atoms with E-state index in [0.29, 0.717) is 31.4 Å². The van der Waals surface area contributed by atoms with Crippen molar-refractivity contribution in [2.45, 2.75) is 69.7 Å². The number of likely N-dealkylation sites (tertiary alicyclic amines) is 1. The first-order valence-corrected chi connectivity index (χ1v) is 14.9. The van der Waals surface area contributed by atoms with Crippen LogP contribution in [0.15, 0.2) is 67.8 Å². The van der Waals surface area contributed by atoms with Crippen LogP contribution in [-0.2, 0) is 23.9 Å². The molecule has 0 aliphatic carbocycles. The van der Waals surface area contributed by atoms with Crippen molar-refractivity contribution >= 4 is 34.2 Å². The standard InChI is InChI=1S/C34H42N2O6/c1-6-8-18-41-32(40)28-27-30(38)36(26(21-37)19-22(3)4)29(34(27)16-15-33(28,5)42-34)31(39)35(17-7-2)25-14-13-23-11-9-10-12-24(23)20-25/h6-7,9-14,20,22,26-29,37H,1-2,8,15-19,21H2,3-5H3/t26-,27+,28-,29?,33+,34?/m1/s1. The van der Waals surface area contributed by atoms with E-state index in [9.17, 15) is 19.5 Å². The van der Waals surface area contributed by atoms with Gasteiger partial charge in [0.15, 0.2) is 0 Å². The molecule has 42 heavy (non-hydrogen) atoms. The van der Waals surface area contributed by atoms with Crippen molar-refractivity contribution in [1.82, 2.24) is 4.90 Å². The van der Waals surface area contributed by atoms with Gasteiger partial charge in [-0.15, -0.1) is 13.2 Å². The van der Waals surface area contributed by atoms with E-state index in [1.54, 1.807) is 22.0 Å². The third-order valence-corrected chi connectivity index (χ3v) is 9.24. The number of esters is 1. The molecule has 5 rings (SSSR count). The Morgan fingerprint density at radius 1 is 1.17 bits per heavy atom. The van der Waals surface area contributed by atoms with E-state index in [1.807, 2.05) is 63.2 Å². The highest BCUT2D eigenvalue weighted by Gasteiger charge is 2.79. The number of fused-ring (bicyclic) bond motifs is 2. The lowest BCUT2D eigenvalue weighted by Gasteiger charge is -2.40. The van der Waals surface area contributed by atoms with Gasteiger partial charge in [-0.3, -0.25) is 14.4 Å². The zero-order valence-corrected chi connectivity index (χ0v) is 24.8. The Kier molecular flexibility index (Phi) is 8.32. The highest BCUT2D eigenvalue weighted by atomic mass is 16.6. The third kappa shape index (κ3) is 4.84. The Bertz CT molecular complexity index is 1390. The molecule has 0 saturated carbocycles. The zero-order chi connectivity index (χ0) is 30.2. The number of aliphatic hydroxyl groups excluding tert-OH is 1. The molecule has 8 nitrogen and oxygen atoms in total. The molecule has 2 bridgehead atoms. The van der Waals surface area contributed by atoms with Crippen LogP contribution in [0.25, 0.3) is 10.8 Å². The van der Waals surface area contributed by atoms with Gasteiger partial charge in [-0.1, -0.05) is 56.3 Å². The number of benzene rings is 2. The van der Waals surface area contributed by atoms with Crippen molar-refractivity contribution in [2.24, 2.45) is 17.8 Å². The number of amides is 2. The topological polar surface area (TPSA) is 96.4 Å². The van der Waals surface area contributed by atoms with Crippen LogP contribution in [0.5, 0.6) is 0 Å². The third-order valence-electron chi connectivity index (χ3n) is 9.24. The van der Waals surface area contributed by atoms with Gasteiger partial charge in [-0.2, -0.15) is 0 Å². The number of carbonyl (C=O) groups excluding carboxylic acids is 3. The lowest BCUT2D eigenvalue weighted by molar-refractivity contribution is -0.160. The number of hydrogen-bond acceptors (Lipinski definition) is 6. The monoisotopic (exact) mass is 574 g/mol. The van der Waals surface area contributed by atoms with Crippen LogP contribution in [0.1, 0.15) is 46.5 Å². The first-order chi connectivity index (χ1) is 20.1. The molecular formula is C34H42N2O6. The van der Waals surface area contributed by atoms with E-state index in [1.165, 1.54) is 0 Å². The predicted octanol–water partition coefficient (Wildman–Crippen LogP) is 4.65. The number of rotatable bonds is 12. The molecule has 8 heteroatoms. The summed E-state index contributed by atoms with van der Waals surface area (Å²) in [6, 6.07) is 12.1. The largest absolute Gasteiger partial charge is 0.465 e. The number of nitrogens with zero attached hydrogens (tertiary/aromatic N) is 2. The average Bonchev–Trinajstić information content (AvgIpc) is 3.54. The number of aliphatic hydroxyl groups is 1. The summed E-state index contributed by atoms with van der Waals surface area (Å²) in [6.45, 7) is 13.5. The fourth-order valence-electron chi connectivity index (χ4n) is 7.49. The molecule has 2 unspecified atom stereocenters. The summed E-state index contributed by atoms with van der Waals surface area (Å²) in [4.78, 5) is 46.0. The first-order valence-electron chi connectivity index (χ1n) is 14.9. The van der Waals surface area contributed by atoms with Gasteiger partial charge in [-0.05, 0) is 61.4 Å². The Morgan fingerprint density at radius 3 is 2.57 bits per heavy atom. The smallest absolute Gasteiger partial charge is 0.312 e. The maximum Gasteiger partial charge on any atom is 0.312 e. The second-order valence-corrected chi connectivity index (χ2v) is 12.5. The molecule has 224 valence electrons. The summed E-state index contributed by atoms with van der Waals surface area (Å²) in [5, 5.41) is 12.6. The molecule has 1 N–H and O–H groups in total. The minimum absolute atomic E-state index is 0.155. The molecule has 2 aromatic carbocycles. The number of ether oxygens (including phenoxy) is 2. The first kappa shape index (κ1) is 30.0. The predicted molar refractivity (Wildman–Crippen MR) is 162 cm³/mol. The summed E-state index contributed by atoms with van der Waals surface area (Å²) in [7, 11) is 0. The molecular weight excluding hydrogens is 532 g/mol. The highest BCUT2D eigenvalue weighted by molar-refractivity contribution is 6.05. The minimum Gasteiger partial charge on any atom is -0.465 e. The Labute approximate surface area is 248 Å². The quantitative estimate of drug-likeness (QED) is 0.225. The second kappa shape index (κ2) is 11.7. The molecule has 2 aromatic rings. The molecule has 1 spiro atoms. The van der Waals surface area contributed by atoms with Crippen LogP contribution < -0.4 is 4.90 Å². The number of hydrogen-bond donors (Lipinski definition) is 1. The van der Waals surface area contributed by atoms with Gasteiger partial charge in [0.1, 0.15) is 17.6 Å². The van der Waals surface area contributed by atoms with Gasteiger partial charge in [0.05, 0.1) is 30.8 Å². The Balaban J connectivity index is 1.61. The van der Waals surface area contributed by atoms with Crippen LogP contribution in [-0.4, -0.2) is 70.8 Å². The van der Waals surface area contributed by atoms with Crippen molar-refractivity contribution < 1.29 is 29.0 Å². The molecule has 0 aromatic heterocycles. The molecule has 6 atom stereocenters. The summed E-state index contributed by atoms with van der Waals surface area (Å²) >= 11 is 0. The van der Waals surface area contributed by atoms with Crippen LogP contribution in [0.2, 0.25) is 0 Å². The molecule has 3 heterocycles. The lowest BCUT2D eigenvalue weighted by Crippen LogP contribution is -2.59. The van der Waals surface area contributed by atoms with Gasteiger partial charge in [0, 0.05) is 12.2 Å². The molecule has 2 amide bonds. The number of carbonyl (C=O) groups is 3. The van der Waals surface area contributed by atoms with Gasteiger partial charge >= 0.3 is 5.97 Å². The van der Waals surface area contributed by atoms with Crippen molar-refractivity contribution in [3.63, 3.8) is 0 Å². The highest BCUT2D eigenvalue weighted by Crippen LogP contribution is 2.64. The summed E-state index contributed by atoms with van der Waals surface area (Å²) < 4.78 is 12.3. The van der Waals surface area contributed by atoms with Gasteiger partial charge in [0.2, 0.25) is 5.91 Å². The summed E-state index contributed by atoms with van der Waals surface area (Å²) in [5.41, 5.74) is -1.48. The van der Waals surface area contributed by atoms with Crippen LogP contribution in [0.4, 0.5) is 5.69 Å². The maximum absolute atomic E-state index is 14.8. The zero-order valence-electron chi connectivity index (χ0n) is 24.8. The van der Waals surface area contributed by atoms with Crippen molar-refractivity contribution in [3.05, 3.63) is 67.8 Å². The van der Waals surface area contributed by atoms with E-state index in [4.69, 9.17) is 9.47 Å². The van der Waals surface area contributed by atoms with Crippen molar-refractivity contribution in [2.75, 3.05) is 24.7 Å². The van der Waals surface area contributed by atoms with Crippen LogP contribution in [0.3, 0.4) is 0 Å². The van der Waals surface area contributed by atoms with E-state index < -0.39 is 41.1 Å². The average molecular weight is 575 g/mol. The normalized spacial score (nSPS) is 28.6. The fraction of sp³-hybridized carbons (Fsp3) is 0.500. The van der Waals surface area contributed by atoms with Crippen molar-refractivity contribution in [1.29, 1.82) is 0 Å². The van der Waals surface area contributed by atoms with E-state index in [-0.39, 0.29) is 37.5 Å². The van der Waals surface area contributed by atoms with Crippen LogP contribution in [0, 0.1) is 17.8 Å². The molecule has 3 saturated heterocycles. The molecule has 3 aliphatic heterocycles. The van der Waals surface area contributed by atoms with Gasteiger partial charge in [-0.25, -0.2) is 0 Å². The lowest BCUT2D eigenvalue weighted by atomic mass is 9.66. The Morgan fingerprint density at radius 2 is 1.90 bits per heavy atom. The minimum atomic E-state index is -1.22. The number of anilines is 1. The molecule has 3 aliphatic rings. The van der Waals surface area contributed by atoms with Crippen molar-refractivity contribution in [3.8, 4) is 0 Å².